The smallest absolute Gasteiger partial charge is 0.220 e. The third-order valence-electron chi connectivity index (χ3n) is 2.93. The van der Waals surface area contributed by atoms with Crippen molar-refractivity contribution < 1.29 is 9.18 Å². The van der Waals surface area contributed by atoms with Crippen LogP contribution in [0, 0.1) is 5.82 Å². The van der Waals surface area contributed by atoms with E-state index in [0.717, 1.165) is 16.5 Å². The Kier molecular flexibility index (Phi) is 3.02. The van der Waals surface area contributed by atoms with Crippen LogP contribution in [0.5, 0.6) is 0 Å². The molecule has 0 aromatic heterocycles. The molecule has 0 radical (unpaired) electrons. The standard InChI is InChI=1S/C12H13BrFNO/c1-12(5-4-11(16)15-12)7-8-6-9(14)2-3-10(8)13/h2-3,6H,4-5,7H2,1H3,(H,15,16). The third kappa shape index (κ3) is 2.43. The van der Waals surface area contributed by atoms with E-state index in [4.69, 9.17) is 0 Å². The van der Waals surface area contributed by atoms with Gasteiger partial charge in [0.25, 0.3) is 0 Å². The maximum atomic E-state index is 13.1. The van der Waals surface area contributed by atoms with Gasteiger partial charge in [-0.3, -0.25) is 4.79 Å². The number of benzene rings is 1. The molecule has 1 atom stereocenters. The normalized spacial score (nSPS) is 24.6. The van der Waals surface area contributed by atoms with E-state index < -0.39 is 0 Å². The van der Waals surface area contributed by atoms with Crippen molar-refractivity contribution in [2.75, 3.05) is 0 Å². The quantitative estimate of drug-likeness (QED) is 0.890. The third-order valence-corrected chi connectivity index (χ3v) is 3.71. The van der Waals surface area contributed by atoms with Gasteiger partial charge in [0.05, 0.1) is 0 Å². The number of hydrogen-bond acceptors (Lipinski definition) is 1. The van der Waals surface area contributed by atoms with Gasteiger partial charge in [0.2, 0.25) is 5.91 Å². The lowest BCUT2D eigenvalue weighted by atomic mass is 9.91. The van der Waals surface area contributed by atoms with Crippen molar-refractivity contribution in [3.05, 3.63) is 34.1 Å². The first-order chi connectivity index (χ1) is 7.48. The molecule has 1 saturated heterocycles. The van der Waals surface area contributed by atoms with Crippen LogP contribution in [0.25, 0.3) is 0 Å². The number of hydrogen-bond donors (Lipinski definition) is 1. The second kappa shape index (κ2) is 4.17. The Bertz CT molecular complexity index is 435. The van der Waals surface area contributed by atoms with Crippen LogP contribution in [0.4, 0.5) is 4.39 Å². The second-order valence-electron chi connectivity index (χ2n) is 4.52. The summed E-state index contributed by atoms with van der Waals surface area (Å²) in [6.45, 7) is 2.00. The number of nitrogens with one attached hydrogen (secondary N) is 1. The molecule has 1 unspecified atom stereocenters. The minimum absolute atomic E-state index is 0.0787. The van der Waals surface area contributed by atoms with Crippen LogP contribution in [-0.2, 0) is 11.2 Å². The minimum atomic E-state index is -0.244. The lowest BCUT2D eigenvalue weighted by Gasteiger charge is -2.24. The Morgan fingerprint density at radius 3 is 2.94 bits per heavy atom. The average Bonchev–Trinajstić information content (AvgIpc) is 2.52. The van der Waals surface area contributed by atoms with Gasteiger partial charge in [-0.15, -0.1) is 0 Å². The van der Waals surface area contributed by atoms with Crippen LogP contribution < -0.4 is 5.32 Å². The van der Waals surface area contributed by atoms with Crippen LogP contribution in [0.2, 0.25) is 0 Å². The van der Waals surface area contributed by atoms with Gasteiger partial charge in [-0.25, -0.2) is 4.39 Å². The summed E-state index contributed by atoms with van der Waals surface area (Å²) < 4.78 is 14.0. The largest absolute Gasteiger partial charge is 0.351 e. The van der Waals surface area contributed by atoms with Crippen LogP contribution in [0.15, 0.2) is 22.7 Å². The number of carbonyl (C=O) groups excluding carboxylic acids is 1. The molecule has 0 saturated carbocycles. The van der Waals surface area contributed by atoms with Crippen LogP contribution in [-0.4, -0.2) is 11.4 Å². The van der Waals surface area contributed by atoms with Crippen molar-refractivity contribution in [1.82, 2.24) is 5.32 Å². The number of amides is 1. The maximum Gasteiger partial charge on any atom is 0.220 e. The van der Waals surface area contributed by atoms with E-state index in [2.05, 4.69) is 21.2 Å². The Labute approximate surface area is 102 Å². The summed E-state index contributed by atoms with van der Waals surface area (Å²) in [4.78, 5) is 11.2. The first kappa shape index (κ1) is 11.6. The maximum absolute atomic E-state index is 13.1. The predicted molar refractivity (Wildman–Crippen MR) is 63.6 cm³/mol. The Morgan fingerprint density at radius 1 is 1.56 bits per heavy atom. The van der Waals surface area contributed by atoms with Gasteiger partial charge in [0.15, 0.2) is 0 Å². The minimum Gasteiger partial charge on any atom is -0.351 e. The fourth-order valence-electron chi connectivity index (χ4n) is 2.08. The zero-order valence-corrected chi connectivity index (χ0v) is 10.6. The molecule has 86 valence electrons. The van der Waals surface area contributed by atoms with E-state index in [9.17, 15) is 9.18 Å². The molecule has 1 heterocycles. The first-order valence-corrected chi connectivity index (χ1v) is 6.03. The number of carbonyl (C=O) groups is 1. The summed E-state index contributed by atoms with van der Waals surface area (Å²) in [6.07, 6.45) is 2.01. The Balaban J connectivity index is 2.20. The molecular weight excluding hydrogens is 273 g/mol. The average molecular weight is 286 g/mol. The van der Waals surface area contributed by atoms with E-state index in [-0.39, 0.29) is 17.3 Å². The summed E-state index contributed by atoms with van der Waals surface area (Å²) in [5.74, 6) is -0.166. The Hall–Kier alpha value is -0.900. The van der Waals surface area contributed by atoms with Crippen molar-refractivity contribution in [1.29, 1.82) is 0 Å². The molecule has 2 rings (SSSR count). The summed E-state index contributed by atoms with van der Waals surface area (Å²) >= 11 is 3.40. The molecule has 1 fully saturated rings. The van der Waals surface area contributed by atoms with E-state index >= 15 is 0 Å². The fourth-order valence-corrected chi connectivity index (χ4v) is 2.47. The second-order valence-corrected chi connectivity index (χ2v) is 5.38. The summed E-state index contributed by atoms with van der Waals surface area (Å²) in [6, 6.07) is 4.63. The highest BCUT2D eigenvalue weighted by Crippen LogP contribution is 2.28. The molecular formula is C12H13BrFNO. The van der Waals surface area contributed by atoms with E-state index in [0.29, 0.717) is 12.8 Å². The van der Waals surface area contributed by atoms with Crippen molar-refractivity contribution >= 4 is 21.8 Å². The molecule has 1 amide bonds. The van der Waals surface area contributed by atoms with Gasteiger partial charge in [-0.05, 0) is 43.5 Å². The van der Waals surface area contributed by atoms with Gasteiger partial charge in [-0.2, -0.15) is 0 Å². The topological polar surface area (TPSA) is 29.1 Å². The number of rotatable bonds is 2. The van der Waals surface area contributed by atoms with Crippen molar-refractivity contribution in [2.24, 2.45) is 0 Å². The van der Waals surface area contributed by atoms with Crippen molar-refractivity contribution in [2.45, 2.75) is 31.7 Å². The fraction of sp³-hybridized carbons (Fsp3) is 0.417. The summed E-state index contributed by atoms with van der Waals surface area (Å²) in [7, 11) is 0. The zero-order chi connectivity index (χ0) is 11.8. The molecule has 0 spiro atoms. The summed E-state index contributed by atoms with van der Waals surface area (Å²) in [5.41, 5.74) is 0.651. The predicted octanol–water partition coefficient (Wildman–Crippen LogP) is 2.80. The highest BCUT2D eigenvalue weighted by Gasteiger charge is 2.33. The van der Waals surface area contributed by atoms with Gasteiger partial charge < -0.3 is 5.32 Å². The van der Waals surface area contributed by atoms with Gasteiger partial charge in [0, 0.05) is 16.4 Å². The number of halogens is 2. The van der Waals surface area contributed by atoms with Gasteiger partial charge >= 0.3 is 0 Å². The molecule has 0 aliphatic carbocycles. The molecule has 4 heteroatoms. The molecule has 1 aromatic rings. The summed E-state index contributed by atoms with van der Waals surface area (Å²) in [5, 5.41) is 2.94. The van der Waals surface area contributed by atoms with Crippen LogP contribution in [0.1, 0.15) is 25.3 Å². The molecule has 1 aromatic carbocycles. The molecule has 1 aliphatic rings. The van der Waals surface area contributed by atoms with E-state index in [1.165, 1.54) is 12.1 Å². The Morgan fingerprint density at radius 2 is 2.31 bits per heavy atom. The highest BCUT2D eigenvalue weighted by molar-refractivity contribution is 9.10. The highest BCUT2D eigenvalue weighted by atomic mass is 79.9. The molecule has 16 heavy (non-hydrogen) atoms. The SMILES string of the molecule is CC1(Cc2cc(F)ccc2Br)CCC(=O)N1. The molecule has 2 nitrogen and oxygen atoms in total. The van der Waals surface area contributed by atoms with Crippen LogP contribution >= 0.6 is 15.9 Å². The zero-order valence-electron chi connectivity index (χ0n) is 9.02. The first-order valence-electron chi connectivity index (χ1n) is 5.23. The van der Waals surface area contributed by atoms with Gasteiger partial charge in [0.1, 0.15) is 5.82 Å². The molecule has 1 aliphatic heterocycles. The van der Waals surface area contributed by atoms with Crippen molar-refractivity contribution in [3.8, 4) is 0 Å². The van der Waals surface area contributed by atoms with Crippen LogP contribution in [0.3, 0.4) is 0 Å². The lowest BCUT2D eigenvalue weighted by molar-refractivity contribution is -0.119. The van der Waals surface area contributed by atoms with Gasteiger partial charge in [-0.1, -0.05) is 15.9 Å². The van der Waals surface area contributed by atoms with E-state index in [1.54, 1.807) is 6.07 Å². The molecule has 0 bridgehead atoms. The lowest BCUT2D eigenvalue weighted by Crippen LogP contribution is -2.40. The van der Waals surface area contributed by atoms with E-state index in [1.807, 2.05) is 6.92 Å². The molecule has 1 N–H and O–H groups in total. The monoisotopic (exact) mass is 285 g/mol. The van der Waals surface area contributed by atoms with Crippen molar-refractivity contribution in [3.63, 3.8) is 0 Å².